The Hall–Kier alpha value is -2.21. The highest BCUT2D eigenvalue weighted by molar-refractivity contribution is 6.35. The first-order chi connectivity index (χ1) is 11.9. The van der Waals surface area contributed by atoms with Gasteiger partial charge < -0.3 is 4.74 Å². The van der Waals surface area contributed by atoms with Gasteiger partial charge in [0, 0.05) is 16.1 Å². The maximum absolute atomic E-state index is 11.7. The summed E-state index contributed by atoms with van der Waals surface area (Å²) in [5, 5.41) is 1.35. The van der Waals surface area contributed by atoms with Crippen molar-refractivity contribution < 1.29 is 14.3 Å². The predicted octanol–water partition coefficient (Wildman–Crippen LogP) is 3.89. The van der Waals surface area contributed by atoms with Crippen molar-refractivity contribution in [2.75, 3.05) is 6.61 Å². The molecule has 0 heterocycles. The van der Waals surface area contributed by atoms with E-state index in [1.165, 1.54) is 12.1 Å². The average molecular weight is 400 g/mol. The lowest BCUT2D eigenvalue weighted by molar-refractivity contribution is -0.128. The van der Waals surface area contributed by atoms with Crippen LogP contribution in [-0.2, 0) is 9.59 Å². The third-order valence-corrected chi connectivity index (χ3v) is 3.66. The zero-order chi connectivity index (χ0) is 18.2. The van der Waals surface area contributed by atoms with Crippen LogP contribution in [0.15, 0.2) is 48.5 Å². The number of rotatable bonds is 5. The van der Waals surface area contributed by atoms with Crippen molar-refractivity contribution in [3.63, 3.8) is 0 Å². The van der Waals surface area contributed by atoms with E-state index in [0.29, 0.717) is 15.8 Å². The van der Waals surface area contributed by atoms with Crippen molar-refractivity contribution in [3.8, 4) is 5.75 Å². The van der Waals surface area contributed by atoms with E-state index >= 15 is 0 Å². The van der Waals surface area contributed by atoms with Crippen LogP contribution in [-0.4, -0.2) is 18.4 Å². The molecule has 0 unspecified atom stereocenters. The summed E-state index contributed by atoms with van der Waals surface area (Å²) < 4.78 is 5.24. The minimum atomic E-state index is -0.542. The van der Waals surface area contributed by atoms with E-state index in [1.54, 1.807) is 42.5 Å². The van der Waals surface area contributed by atoms with Crippen molar-refractivity contribution in [1.82, 2.24) is 10.9 Å². The van der Waals surface area contributed by atoms with E-state index in [-0.39, 0.29) is 11.6 Å². The fourth-order valence-electron chi connectivity index (χ4n) is 1.69. The Morgan fingerprint density at radius 3 is 2.32 bits per heavy atom. The monoisotopic (exact) mass is 398 g/mol. The van der Waals surface area contributed by atoms with Gasteiger partial charge in [-0.1, -0.05) is 46.9 Å². The average Bonchev–Trinajstić information content (AvgIpc) is 2.58. The van der Waals surface area contributed by atoms with Crippen LogP contribution in [0.1, 0.15) is 5.56 Å². The number of amides is 2. The molecule has 2 N–H and O–H groups in total. The topological polar surface area (TPSA) is 67.4 Å². The second kappa shape index (κ2) is 9.32. The maximum Gasteiger partial charge on any atom is 0.276 e. The normalized spacial score (nSPS) is 10.5. The van der Waals surface area contributed by atoms with Gasteiger partial charge in [-0.25, -0.2) is 0 Å². The van der Waals surface area contributed by atoms with Crippen LogP contribution in [0.25, 0.3) is 6.08 Å². The van der Waals surface area contributed by atoms with Gasteiger partial charge in [0.2, 0.25) is 0 Å². The lowest BCUT2D eigenvalue weighted by Gasteiger charge is -2.09. The largest absolute Gasteiger partial charge is 0.482 e. The number of hydrogen-bond acceptors (Lipinski definition) is 3. The number of halogens is 3. The smallest absolute Gasteiger partial charge is 0.276 e. The first-order valence-corrected chi connectivity index (χ1v) is 8.18. The predicted molar refractivity (Wildman–Crippen MR) is 98.7 cm³/mol. The first-order valence-electron chi connectivity index (χ1n) is 7.04. The molecule has 2 amide bonds. The second-order valence-corrected chi connectivity index (χ2v) is 6.07. The highest BCUT2D eigenvalue weighted by atomic mass is 35.5. The molecule has 2 aromatic rings. The van der Waals surface area contributed by atoms with Crippen molar-refractivity contribution in [3.05, 3.63) is 69.2 Å². The zero-order valence-electron chi connectivity index (χ0n) is 12.8. The summed E-state index contributed by atoms with van der Waals surface area (Å²) in [7, 11) is 0. The summed E-state index contributed by atoms with van der Waals surface area (Å²) in [6.45, 7) is -0.317. The van der Waals surface area contributed by atoms with E-state index < -0.39 is 11.8 Å². The number of hydrazine groups is 1. The van der Waals surface area contributed by atoms with Crippen LogP contribution in [0.4, 0.5) is 0 Å². The lowest BCUT2D eigenvalue weighted by atomic mass is 10.2. The Balaban J connectivity index is 1.75. The summed E-state index contributed by atoms with van der Waals surface area (Å²) in [6.07, 6.45) is 2.86. The molecule has 0 spiro atoms. The Kier molecular flexibility index (Phi) is 7.13. The molecule has 0 bridgehead atoms. The van der Waals surface area contributed by atoms with Crippen molar-refractivity contribution in [1.29, 1.82) is 0 Å². The van der Waals surface area contributed by atoms with Gasteiger partial charge in [-0.2, -0.15) is 0 Å². The van der Waals surface area contributed by atoms with Crippen LogP contribution in [0.2, 0.25) is 15.1 Å². The molecule has 0 aliphatic carbocycles. The summed E-state index contributed by atoms with van der Waals surface area (Å²) in [4.78, 5) is 23.3. The van der Waals surface area contributed by atoms with Gasteiger partial charge in [-0.05, 0) is 42.0 Å². The van der Waals surface area contributed by atoms with Gasteiger partial charge in [0.15, 0.2) is 6.61 Å². The molecule has 25 heavy (non-hydrogen) atoms. The van der Waals surface area contributed by atoms with Crippen LogP contribution in [0, 0.1) is 0 Å². The van der Waals surface area contributed by atoms with E-state index in [0.717, 1.165) is 5.56 Å². The molecule has 0 fully saturated rings. The van der Waals surface area contributed by atoms with Gasteiger partial charge in [-0.15, -0.1) is 0 Å². The van der Waals surface area contributed by atoms with Gasteiger partial charge in [-0.3, -0.25) is 20.4 Å². The summed E-state index contributed by atoms with van der Waals surface area (Å²) in [5.74, 6) is -0.720. The minimum absolute atomic E-state index is 0.287. The minimum Gasteiger partial charge on any atom is -0.482 e. The van der Waals surface area contributed by atoms with E-state index in [1.807, 2.05) is 0 Å². The van der Waals surface area contributed by atoms with Crippen LogP contribution < -0.4 is 15.6 Å². The number of carbonyl (C=O) groups excluding carboxylic acids is 2. The molecule has 2 aromatic carbocycles. The molecule has 0 saturated heterocycles. The van der Waals surface area contributed by atoms with Crippen LogP contribution in [0.5, 0.6) is 5.75 Å². The molecule has 0 aliphatic rings. The van der Waals surface area contributed by atoms with Gasteiger partial charge >= 0.3 is 0 Å². The van der Waals surface area contributed by atoms with E-state index in [4.69, 9.17) is 39.5 Å². The molecular weight excluding hydrogens is 387 g/mol. The number of carbonyl (C=O) groups is 2. The van der Waals surface area contributed by atoms with Crippen molar-refractivity contribution in [2.24, 2.45) is 0 Å². The number of benzene rings is 2. The SMILES string of the molecule is O=C(/C=C/c1ccc(Cl)cc1)NNC(=O)COc1ccc(Cl)cc1Cl. The Labute approximate surface area is 159 Å². The lowest BCUT2D eigenvalue weighted by Crippen LogP contribution is -2.43. The fourth-order valence-corrected chi connectivity index (χ4v) is 2.28. The summed E-state index contributed by atoms with van der Waals surface area (Å²) in [6, 6.07) is 11.6. The fraction of sp³-hybridized carbons (Fsp3) is 0.0588. The van der Waals surface area contributed by atoms with E-state index in [2.05, 4.69) is 10.9 Å². The molecule has 0 aliphatic heterocycles. The number of hydrogen-bond donors (Lipinski definition) is 2. The van der Waals surface area contributed by atoms with E-state index in [9.17, 15) is 9.59 Å². The third-order valence-electron chi connectivity index (χ3n) is 2.87. The molecule has 130 valence electrons. The third kappa shape index (κ3) is 6.66. The number of nitrogens with one attached hydrogen (secondary N) is 2. The molecular formula is C17H13Cl3N2O3. The zero-order valence-corrected chi connectivity index (χ0v) is 15.0. The van der Waals surface area contributed by atoms with Crippen LogP contribution >= 0.6 is 34.8 Å². The molecule has 5 nitrogen and oxygen atoms in total. The molecule has 0 saturated carbocycles. The van der Waals surface area contributed by atoms with Crippen molar-refractivity contribution >= 4 is 52.7 Å². The van der Waals surface area contributed by atoms with Crippen molar-refractivity contribution in [2.45, 2.75) is 0 Å². The molecule has 0 aromatic heterocycles. The molecule has 2 rings (SSSR count). The summed E-state index contributed by atoms with van der Waals surface area (Å²) >= 11 is 17.5. The highest BCUT2D eigenvalue weighted by Crippen LogP contribution is 2.27. The molecule has 0 atom stereocenters. The quantitative estimate of drug-likeness (QED) is 0.592. The van der Waals surface area contributed by atoms with Crippen LogP contribution in [0.3, 0.4) is 0 Å². The van der Waals surface area contributed by atoms with Gasteiger partial charge in [0.05, 0.1) is 5.02 Å². The summed E-state index contributed by atoms with van der Waals surface area (Å²) in [5.41, 5.74) is 5.26. The molecule has 8 heteroatoms. The highest BCUT2D eigenvalue weighted by Gasteiger charge is 2.07. The Morgan fingerprint density at radius 1 is 0.960 bits per heavy atom. The maximum atomic E-state index is 11.7. The Bertz CT molecular complexity index is 792. The van der Waals surface area contributed by atoms with Gasteiger partial charge in [0.1, 0.15) is 5.75 Å². The number of ether oxygens (including phenoxy) is 1. The second-order valence-electron chi connectivity index (χ2n) is 4.79. The molecule has 0 radical (unpaired) electrons. The van der Waals surface area contributed by atoms with Gasteiger partial charge in [0.25, 0.3) is 11.8 Å². The standard InChI is InChI=1S/C17H13Cl3N2O3/c18-12-4-1-11(2-5-12)3-8-16(23)21-22-17(24)10-25-15-7-6-13(19)9-14(15)20/h1-9H,10H2,(H,21,23)(H,22,24)/b8-3+. The Morgan fingerprint density at radius 2 is 1.64 bits per heavy atom. The first kappa shape index (κ1) is 19.1.